The molecule has 376 valence electrons. The van der Waals surface area contributed by atoms with Crippen LogP contribution in [0.2, 0.25) is 0 Å². The number of nitrogens with two attached hydrogens (primary N) is 1. The maximum absolute atomic E-state index is 14.8. The number of likely N-dealkylation sites (N-methyl/N-ethyl adjacent to an activating group) is 1. The number of carbonyl (C=O) groups is 2. The largest absolute Gasteiger partial charge is 0.504 e. The molecule has 0 aromatic heterocycles. The average molecular weight is 954 g/mol. The zero-order chi connectivity index (χ0) is 48.9. The number of dihydropyridines is 1. The summed E-state index contributed by atoms with van der Waals surface area (Å²) in [6, 6.07) is 19.0. The summed E-state index contributed by atoms with van der Waals surface area (Å²) in [6.45, 7) is 8.72. The molecule has 0 bridgehead atoms. The fourth-order valence-corrected chi connectivity index (χ4v) is 14.2. The molecule has 0 unspecified atom stereocenters. The van der Waals surface area contributed by atoms with Crippen LogP contribution >= 0.6 is 0 Å². The van der Waals surface area contributed by atoms with Crippen LogP contribution < -0.4 is 31.7 Å². The van der Waals surface area contributed by atoms with Crippen LogP contribution in [0.1, 0.15) is 126 Å². The number of ketones is 2. The normalized spacial score (nSPS) is 31.2. The van der Waals surface area contributed by atoms with Gasteiger partial charge in [-0.1, -0.05) is 74.2 Å². The first-order chi connectivity index (χ1) is 34.0. The van der Waals surface area contributed by atoms with Crippen molar-refractivity contribution in [2.45, 2.75) is 140 Å². The minimum Gasteiger partial charge on any atom is -0.504 e. The zero-order valence-corrected chi connectivity index (χ0v) is 41.9. The Bertz CT molecular complexity index is 2480. The summed E-state index contributed by atoms with van der Waals surface area (Å²) in [4.78, 5) is 27.4. The lowest BCUT2D eigenvalue weighted by molar-refractivity contribution is -0.136. The number of aromatic hydroxyl groups is 1. The Labute approximate surface area is 416 Å². The molecule has 4 fully saturated rings. The van der Waals surface area contributed by atoms with Crippen LogP contribution in [0, 0.1) is 52.8 Å². The number of rotatable bonds is 16. The quantitative estimate of drug-likeness (QED) is 0.0526. The summed E-state index contributed by atoms with van der Waals surface area (Å²) in [5.74, 6) is 10.6. The van der Waals surface area contributed by atoms with E-state index in [2.05, 4.69) is 83.4 Å². The van der Waals surface area contributed by atoms with Gasteiger partial charge in [0.1, 0.15) is 11.2 Å². The minimum atomic E-state index is -1.21. The molecule has 0 amide bonds. The third kappa shape index (κ3) is 10.7. The van der Waals surface area contributed by atoms with E-state index in [9.17, 15) is 24.9 Å². The molecule has 1 spiro atoms. The maximum atomic E-state index is 14.8. The number of phenolic OH excluding ortho intramolecular Hbond substituents is 1. The van der Waals surface area contributed by atoms with E-state index in [4.69, 9.17) is 10.5 Å². The Morgan fingerprint density at radius 1 is 0.971 bits per heavy atom. The van der Waals surface area contributed by atoms with Gasteiger partial charge in [0.2, 0.25) is 0 Å². The molecule has 3 saturated carbocycles. The van der Waals surface area contributed by atoms with Gasteiger partial charge in [0.05, 0.1) is 25.1 Å². The summed E-state index contributed by atoms with van der Waals surface area (Å²) in [7, 11) is 1.53. The minimum absolute atomic E-state index is 0.0127. The molecule has 3 aromatic carbocycles. The fourth-order valence-electron chi connectivity index (χ4n) is 14.2. The first kappa shape index (κ1) is 50.2. The van der Waals surface area contributed by atoms with Gasteiger partial charge in [-0.15, -0.1) is 0 Å². The zero-order valence-electron chi connectivity index (χ0n) is 41.9. The molecular weight excluding hydrogens is 875 g/mol. The number of ether oxygens (including phenoxy) is 1. The van der Waals surface area contributed by atoms with Crippen molar-refractivity contribution in [2.75, 3.05) is 39.8 Å². The van der Waals surface area contributed by atoms with Gasteiger partial charge in [-0.05, 0) is 177 Å². The third-order valence-electron chi connectivity index (χ3n) is 17.8. The molecule has 9 rings (SSSR count). The number of hydrogen-bond acceptors (Lipinski definition) is 11. The van der Waals surface area contributed by atoms with Crippen molar-refractivity contribution >= 4 is 22.3 Å². The Hall–Kier alpha value is -4.70. The highest BCUT2D eigenvalue weighted by atomic mass is 16.5. The van der Waals surface area contributed by atoms with Crippen LogP contribution in [0.3, 0.4) is 0 Å². The Morgan fingerprint density at radius 3 is 2.60 bits per heavy atom. The topological polar surface area (TPSA) is 178 Å². The monoisotopic (exact) mass is 954 g/mol. The lowest BCUT2D eigenvalue weighted by atomic mass is 9.53. The van der Waals surface area contributed by atoms with Crippen molar-refractivity contribution in [3.05, 3.63) is 94.8 Å². The van der Waals surface area contributed by atoms with Gasteiger partial charge >= 0.3 is 0 Å². The molecule has 2 aliphatic heterocycles. The van der Waals surface area contributed by atoms with E-state index in [0.717, 1.165) is 91.3 Å². The second-order valence-corrected chi connectivity index (χ2v) is 21.9. The van der Waals surface area contributed by atoms with Crippen LogP contribution in [-0.4, -0.2) is 91.0 Å². The number of benzene rings is 3. The van der Waals surface area contributed by atoms with E-state index in [0.29, 0.717) is 105 Å². The maximum Gasteiger partial charge on any atom is 0.160 e. The number of aryl methyl sites for hydroxylation is 1. The lowest BCUT2D eigenvalue weighted by Gasteiger charge is -2.55. The summed E-state index contributed by atoms with van der Waals surface area (Å²) in [5, 5.41) is 52.8. The molecule has 11 heteroatoms. The summed E-state index contributed by atoms with van der Waals surface area (Å²) in [5.41, 5.74) is 9.00. The van der Waals surface area contributed by atoms with Gasteiger partial charge in [0.25, 0.3) is 0 Å². The summed E-state index contributed by atoms with van der Waals surface area (Å²) < 4.78 is 5.58. The van der Waals surface area contributed by atoms with Crippen molar-refractivity contribution in [3.8, 4) is 23.3 Å². The van der Waals surface area contributed by atoms with Gasteiger partial charge < -0.3 is 47.1 Å². The predicted molar refractivity (Wildman–Crippen MR) is 277 cm³/mol. The number of hydrogen-bond donors (Lipinski definition) is 8. The molecule has 6 aliphatic rings. The first-order valence-corrected chi connectivity index (χ1v) is 26.9. The van der Waals surface area contributed by atoms with E-state index in [1.54, 1.807) is 6.07 Å². The highest BCUT2D eigenvalue weighted by Gasteiger charge is 2.54. The Morgan fingerprint density at radius 2 is 1.81 bits per heavy atom. The van der Waals surface area contributed by atoms with Gasteiger partial charge in [-0.2, -0.15) is 0 Å². The second-order valence-electron chi connectivity index (χ2n) is 21.9. The van der Waals surface area contributed by atoms with Crippen LogP contribution in [0.15, 0.2) is 78.1 Å². The molecule has 9 N–H and O–H groups in total. The van der Waals surface area contributed by atoms with Gasteiger partial charge in [0.15, 0.2) is 17.3 Å². The molecule has 11 nitrogen and oxygen atoms in total. The van der Waals surface area contributed by atoms with Crippen molar-refractivity contribution in [1.29, 1.82) is 0 Å². The number of carbonyl (C=O) groups excluding carboxylic acids is 2. The van der Waals surface area contributed by atoms with E-state index in [1.807, 2.05) is 24.3 Å². The van der Waals surface area contributed by atoms with Crippen LogP contribution in [-0.2, 0) is 16.0 Å². The molecule has 2 heterocycles. The predicted octanol–water partition coefficient (Wildman–Crippen LogP) is 7.53. The molecule has 1 saturated heterocycles. The van der Waals surface area contributed by atoms with E-state index < -0.39 is 23.5 Å². The lowest BCUT2D eigenvalue weighted by Crippen LogP contribution is -2.59. The van der Waals surface area contributed by atoms with Gasteiger partial charge in [0, 0.05) is 56.3 Å². The first-order valence-electron chi connectivity index (χ1n) is 26.9. The van der Waals surface area contributed by atoms with Crippen LogP contribution in [0.5, 0.6) is 11.5 Å². The SMILES string of the molecule is CCCNC[C@H](NCC)[C@H]1C[C@H]2[C@H](CN[C@@H]3CC(=O)CC[C@H]23)C[C@@H]1[C@H]1CC[C@@]2(C#C[C@H](CC[C@H](O)C[C@H](C3=CCNC(N)=C3)c3ccc4ccccc4c3)c3cc(O)c(OC)cc3CCC2=O)[C@H](O)C1. The average Bonchev–Trinajstić information content (AvgIpc) is 3.41. The van der Waals surface area contributed by atoms with Gasteiger partial charge in [-0.3, -0.25) is 9.59 Å². The van der Waals surface area contributed by atoms with Crippen LogP contribution in [0.4, 0.5) is 0 Å². The number of methoxy groups -OCH3 is 1. The Kier molecular flexibility index (Phi) is 16.1. The molecule has 70 heavy (non-hydrogen) atoms. The molecule has 4 aliphatic carbocycles. The second kappa shape index (κ2) is 22.4. The number of Topliss-reactive ketones (excluding diaryl/α,β-unsaturated/α-hetero) is 2. The number of nitrogens with one attached hydrogen (secondary N) is 4. The van der Waals surface area contributed by atoms with Crippen molar-refractivity contribution in [1.82, 2.24) is 21.3 Å². The number of aliphatic hydroxyl groups is 2. The summed E-state index contributed by atoms with van der Waals surface area (Å²) in [6.07, 6.45) is 12.0. The molecule has 3 aromatic rings. The third-order valence-corrected chi connectivity index (χ3v) is 17.8. The molecule has 0 radical (unpaired) electrons. The van der Waals surface area contributed by atoms with E-state index in [-0.39, 0.29) is 41.9 Å². The van der Waals surface area contributed by atoms with E-state index >= 15 is 0 Å². The number of phenols is 1. The number of allylic oxidation sites excluding steroid dienone is 2. The van der Waals surface area contributed by atoms with E-state index in [1.165, 1.54) is 7.11 Å². The Balaban J connectivity index is 0.978. The number of piperidine rings is 1. The molecular formula is C59H79N5O6. The smallest absolute Gasteiger partial charge is 0.160 e. The highest BCUT2D eigenvalue weighted by molar-refractivity contribution is 5.89. The van der Waals surface area contributed by atoms with Crippen molar-refractivity contribution in [2.24, 2.45) is 46.7 Å². The summed E-state index contributed by atoms with van der Waals surface area (Å²) >= 11 is 0. The number of fused-ring (bicyclic) bond motifs is 5. The van der Waals surface area contributed by atoms with Crippen LogP contribution in [0.25, 0.3) is 10.8 Å². The highest BCUT2D eigenvalue weighted by Crippen LogP contribution is 2.54. The van der Waals surface area contributed by atoms with Gasteiger partial charge in [-0.25, -0.2) is 0 Å². The fraction of sp³-hybridized carbons (Fsp3) is 0.593. The van der Waals surface area contributed by atoms with Crippen molar-refractivity contribution < 1.29 is 29.6 Å². The molecule has 13 atom stereocenters. The van der Waals surface area contributed by atoms with Crippen molar-refractivity contribution in [3.63, 3.8) is 0 Å². The standard InChI is InChI=1S/C59H79N5O6/c1-4-23-61-35-53(62-5-2)51-32-50-43(34-64-52-31-45(66)15-16-46(50)52)26-49(51)41-19-22-59(57(69)28-41)21-18-37(48-33-54(67)55(70-3)27-40(48)13-17-56(59)68)12-14-44(65)30-47(42-20-24-63-58(60)29-42)39-11-10-36-8-6-7-9-38(36)25-39/h6-11,20,25,27,29,33,37,41,43-44,46-47,49-53,57,61-65,67,69H,4-5,12-17,19,22-24,26,28,30-32,34-35,60H2,1-3H3/t37-,41-,43-,44-,46+,47-,49+,50-,51-,52+,53-,57+,59+/m0/s1. The number of aliphatic hydroxyl groups excluding tert-OH is 2.